The molecule has 2 heterocycles. The Labute approximate surface area is 119 Å². The highest BCUT2D eigenvalue weighted by Gasteiger charge is 2.19. The number of methoxy groups -OCH3 is 1. The number of aromatic nitrogens is 3. The van der Waals surface area contributed by atoms with E-state index < -0.39 is 0 Å². The lowest BCUT2D eigenvalue weighted by atomic mass is 9.96. The minimum absolute atomic E-state index is 0.191. The van der Waals surface area contributed by atoms with E-state index in [0.29, 0.717) is 5.95 Å². The van der Waals surface area contributed by atoms with Gasteiger partial charge in [0.15, 0.2) is 0 Å². The van der Waals surface area contributed by atoms with Gasteiger partial charge in [0.25, 0.3) is 0 Å². The van der Waals surface area contributed by atoms with Gasteiger partial charge in [0, 0.05) is 13.1 Å². The van der Waals surface area contributed by atoms with Crippen LogP contribution in [0, 0.1) is 5.92 Å². The lowest BCUT2D eigenvalue weighted by Gasteiger charge is -2.20. The number of halogens is 1. The number of hydrogen-bond donors (Lipinski definition) is 0. The average molecular weight is 285 g/mol. The number of ether oxygens (including phenoxy) is 1. The van der Waals surface area contributed by atoms with Crippen LogP contribution >= 0.6 is 11.6 Å². The van der Waals surface area contributed by atoms with E-state index in [4.69, 9.17) is 16.3 Å². The van der Waals surface area contributed by atoms with Crippen LogP contribution in [0.2, 0.25) is 5.28 Å². The molecule has 1 atom stereocenters. The molecule has 6 heteroatoms. The molecule has 0 amide bonds. The molecule has 1 fully saturated rings. The van der Waals surface area contributed by atoms with E-state index in [-0.39, 0.29) is 11.3 Å². The fraction of sp³-hybridized carbons (Fsp3) is 0.769. The summed E-state index contributed by atoms with van der Waals surface area (Å²) >= 11 is 5.90. The van der Waals surface area contributed by atoms with Crippen LogP contribution in [0.1, 0.15) is 39.0 Å². The fourth-order valence-corrected chi connectivity index (χ4v) is 2.76. The lowest BCUT2D eigenvalue weighted by molar-refractivity contribution is 0.378. The summed E-state index contributed by atoms with van der Waals surface area (Å²) in [6.07, 6.45) is 6.24. The predicted octanol–water partition coefficient (Wildman–Crippen LogP) is 2.94. The Bertz CT molecular complexity index is 416. The molecule has 0 saturated carbocycles. The van der Waals surface area contributed by atoms with Crippen molar-refractivity contribution >= 4 is 17.5 Å². The summed E-state index contributed by atoms with van der Waals surface area (Å²) in [5.41, 5.74) is 0. The highest BCUT2D eigenvalue weighted by Crippen LogP contribution is 2.24. The number of rotatable bonds is 4. The molecule has 0 N–H and O–H groups in total. The highest BCUT2D eigenvalue weighted by atomic mass is 35.5. The molecule has 1 saturated heterocycles. The van der Waals surface area contributed by atoms with E-state index in [2.05, 4.69) is 26.8 Å². The number of anilines is 1. The van der Waals surface area contributed by atoms with Crippen LogP contribution in [0.5, 0.6) is 6.01 Å². The highest BCUT2D eigenvalue weighted by molar-refractivity contribution is 6.28. The van der Waals surface area contributed by atoms with Crippen molar-refractivity contribution in [2.75, 3.05) is 25.1 Å². The quantitative estimate of drug-likeness (QED) is 0.851. The summed E-state index contributed by atoms with van der Waals surface area (Å²) in [5, 5.41) is 0.191. The molecule has 19 heavy (non-hydrogen) atoms. The number of hydrogen-bond acceptors (Lipinski definition) is 5. The van der Waals surface area contributed by atoms with Crippen molar-refractivity contribution < 1.29 is 4.74 Å². The summed E-state index contributed by atoms with van der Waals surface area (Å²) in [7, 11) is 1.54. The second-order valence-electron chi connectivity index (χ2n) is 4.96. The van der Waals surface area contributed by atoms with E-state index in [1.807, 2.05) is 0 Å². The van der Waals surface area contributed by atoms with E-state index in [1.165, 1.54) is 39.2 Å². The van der Waals surface area contributed by atoms with E-state index in [1.54, 1.807) is 0 Å². The zero-order valence-corrected chi connectivity index (χ0v) is 12.4. The van der Waals surface area contributed by atoms with Crippen LogP contribution in [0.15, 0.2) is 0 Å². The molecule has 0 radical (unpaired) electrons. The van der Waals surface area contributed by atoms with Crippen molar-refractivity contribution in [1.82, 2.24) is 15.0 Å². The van der Waals surface area contributed by atoms with Crippen molar-refractivity contribution in [3.05, 3.63) is 5.28 Å². The zero-order chi connectivity index (χ0) is 13.7. The second kappa shape index (κ2) is 6.89. The van der Waals surface area contributed by atoms with Crippen LogP contribution in [0.25, 0.3) is 0 Å². The average Bonchev–Trinajstić information content (AvgIpc) is 2.64. The van der Waals surface area contributed by atoms with E-state index >= 15 is 0 Å². The van der Waals surface area contributed by atoms with E-state index in [0.717, 1.165) is 19.0 Å². The molecule has 1 aliphatic heterocycles. The van der Waals surface area contributed by atoms with Gasteiger partial charge < -0.3 is 9.64 Å². The first-order chi connectivity index (χ1) is 9.22. The number of nitrogens with zero attached hydrogens (tertiary/aromatic N) is 4. The minimum Gasteiger partial charge on any atom is -0.467 e. The summed E-state index contributed by atoms with van der Waals surface area (Å²) in [4.78, 5) is 14.6. The standard InChI is InChI=1S/C13H21ClN4O/c1-3-5-10-6-4-8-18(9-7-10)12-15-11(14)16-13(17-12)19-2/h10H,3-9H2,1-2H3. The largest absolute Gasteiger partial charge is 0.467 e. The van der Waals surface area contributed by atoms with Gasteiger partial charge in [-0.25, -0.2) is 0 Å². The first-order valence-electron chi connectivity index (χ1n) is 6.93. The Hall–Kier alpha value is -1.10. The monoisotopic (exact) mass is 284 g/mol. The maximum Gasteiger partial charge on any atom is 0.322 e. The third-order valence-corrected chi connectivity index (χ3v) is 3.75. The Balaban J connectivity index is 2.07. The van der Waals surface area contributed by atoms with Gasteiger partial charge in [0.1, 0.15) is 0 Å². The molecule has 1 aromatic heterocycles. The van der Waals surface area contributed by atoms with Gasteiger partial charge in [-0.2, -0.15) is 15.0 Å². The third kappa shape index (κ3) is 3.93. The molecule has 0 spiro atoms. The Kier molecular flexibility index (Phi) is 5.19. The van der Waals surface area contributed by atoms with Crippen LogP contribution in [-0.2, 0) is 0 Å². The zero-order valence-electron chi connectivity index (χ0n) is 11.6. The first-order valence-corrected chi connectivity index (χ1v) is 7.31. The third-order valence-electron chi connectivity index (χ3n) is 3.59. The van der Waals surface area contributed by atoms with Gasteiger partial charge >= 0.3 is 6.01 Å². The van der Waals surface area contributed by atoms with Gasteiger partial charge in [-0.05, 0) is 36.8 Å². The maximum atomic E-state index is 5.90. The maximum absolute atomic E-state index is 5.90. The SMILES string of the molecule is CCCC1CCCN(c2nc(Cl)nc(OC)n2)CC1. The van der Waals surface area contributed by atoms with Crippen molar-refractivity contribution in [2.45, 2.75) is 39.0 Å². The van der Waals surface area contributed by atoms with Crippen molar-refractivity contribution in [1.29, 1.82) is 0 Å². The van der Waals surface area contributed by atoms with Gasteiger partial charge in [0.2, 0.25) is 11.2 Å². The molecule has 1 aliphatic rings. The van der Waals surface area contributed by atoms with Gasteiger partial charge in [0.05, 0.1) is 7.11 Å². The summed E-state index contributed by atoms with van der Waals surface area (Å²) in [5.74, 6) is 1.46. The van der Waals surface area contributed by atoms with Gasteiger partial charge in [-0.15, -0.1) is 0 Å². The molecule has 0 aromatic carbocycles. The molecule has 106 valence electrons. The Morgan fingerprint density at radius 1 is 1.26 bits per heavy atom. The van der Waals surface area contributed by atoms with Gasteiger partial charge in [-0.3, -0.25) is 0 Å². The van der Waals surface area contributed by atoms with E-state index in [9.17, 15) is 0 Å². The summed E-state index contributed by atoms with van der Waals surface area (Å²) in [6.45, 7) is 4.21. The van der Waals surface area contributed by atoms with Crippen LogP contribution < -0.4 is 9.64 Å². The molecular weight excluding hydrogens is 264 g/mol. The summed E-state index contributed by atoms with van der Waals surface area (Å²) in [6, 6.07) is 0.282. The first kappa shape index (κ1) is 14.3. The van der Waals surface area contributed by atoms with Crippen LogP contribution in [-0.4, -0.2) is 35.2 Å². The van der Waals surface area contributed by atoms with Crippen LogP contribution in [0.4, 0.5) is 5.95 Å². The molecule has 2 rings (SSSR count). The van der Waals surface area contributed by atoms with Crippen molar-refractivity contribution in [3.8, 4) is 6.01 Å². The summed E-state index contributed by atoms with van der Waals surface area (Å²) < 4.78 is 5.04. The smallest absolute Gasteiger partial charge is 0.322 e. The lowest BCUT2D eigenvalue weighted by Crippen LogP contribution is -2.26. The van der Waals surface area contributed by atoms with Gasteiger partial charge in [-0.1, -0.05) is 19.8 Å². The molecule has 0 bridgehead atoms. The van der Waals surface area contributed by atoms with Crippen molar-refractivity contribution in [3.63, 3.8) is 0 Å². The fourth-order valence-electron chi connectivity index (χ4n) is 2.62. The topological polar surface area (TPSA) is 51.1 Å². The Morgan fingerprint density at radius 2 is 2.11 bits per heavy atom. The molecule has 0 aliphatic carbocycles. The predicted molar refractivity (Wildman–Crippen MR) is 75.9 cm³/mol. The van der Waals surface area contributed by atoms with Crippen molar-refractivity contribution in [2.24, 2.45) is 5.92 Å². The molecule has 5 nitrogen and oxygen atoms in total. The second-order valence-corrected chi connectivity index (χ2v) is 5.30. The minimum atomic E-state index is 0.191. The molecular formula is C13H21ClN4O. The Morgan fingerprint density at radius 3 is 2.84 bits per heavy atom. The normalized spacial score (nSPS) is 20.2. The molecule has 1 aromatic rings. The molecule has 1 unspecified atom stereocenters. The van der Waals surface area contributed by atoms with Crippen LogP contribution in [0.3, 0.4) is 0 Å².